The van der Waals surface area contributed by atoms with Crippen molar-refractivity contribution in [3.8, 4) is 5.75 Å². The van der Waals surface area contributed by atoms with E-state index in [0.29, 0.717) is 12.5 Å². The monoisotopic (exact) mass is 326 g/mol. The zero-order valence-corrected chi connectivity index (χ0v) is 14.4. The standard InChI is InChI=1S/C17H26N2O2.ClH/c1-12(14-6-4-7-15(11-14)21-3)10-17(20)19-16-8-5-9-18-13(16)2;/h4,6-7,11-13,16,18H,5,8-10H2,1-3H3,(H,19,20);1H. The lowest BCUT2D eigenvalue weighted by atomic mass is 9.95. The van der Waals surface area contributed by atoms with Crippen LogP contribution < -0.4 is 15.4 Å². The molecule has 0 spiro atoms. The average Bonchev–Trinajstić information content (AvgIpc) is 2.49. The summed E-state index contributed by atoms with van der Waals surface area (Å²) >= 11 is 0. The largest absolute Gasteiger partial charge is 0.497 e. The summed E-state index contributed by atoms with van der Waals surface area (Å²) in [6.45, 7) is 5.26. The maximum absolute atomic E-state index is 12.2. The van der Waals surface area contributed by atoms with Gasteiger partial charge in [0.1, 0.15) is 5.75 Å². The summed E-state index contributed by atoms with van der Waals surface area (Å²) < 4.78 is 5.24. The number of carbonyl (C=O) groups is 1. The van der Waals surface area contributed by atoms with Gasteiger partial charge in [-0.1, -0.05) is 19.1 Å². The number of ether oxygens (including phenoxy) is 1. The first-order valence-electron chi connectivity index (χ1n) is 7.77. The molecule has 22 heavy (non-hydrogen) atoms. The molecule has 3 unspecified atom stereocenters. The minimum Gasteiger partial charge on any atom is -0.497 e. The lowest BCUT2D eigenvalue weighted by Crippen LogP contribution is -2.52. The summed E-state index contributed by atoms with van der Waals surface area (Å²) in [6, 6.07) is 8.55. The zero-order chi connectivity index (χ0) is 15.2. The number of hydrogen-bond donors (Lipinski definition) is 2. The number of amides is 1. The normalized spacial score (nSPS) is 22.3. The highest BCUT2D eigenvalue weighted by Gasteiger charge is 2.23. The molecular formula is C17H27ClN2O2. The molecule has 1 aromatic carbocycles. The molecule has 1 saturated heterocycles. The van der Waals surface area contributed by atoms with E-state index in [1.165, 1.54) is 0 Å². The second-order valence-corrected chi connectivity index (χ2v) is 5.94. The highest BCUT2D eigenvalue weighted by Crippen LogP contribution is 2.23. The quantitative estimate of drug-likeness (QED) is 0.874. The molecule has 1 fully saturated rings. The Morgan fingerprint density at radius 2 is 2.27 bits per heavy atom. The summed E-state index contributed by atoms with van der Waals surface area (Å²) in [4.78, 5) is 12.2. The number of rotatable bonds is 5. The van der Waals surface area contributed by atoms with Gasteiger partial charge in [0.05, 0.1) is 7.11 Å². The van der Waals surface area contributed by atoms with E-state index in [1.54, 1.807) is 7.11 Å². The van der Waals surface area contributed by atoms with Gasteiger partial charge in [-0.2, -0.15) is 0 Å². The lowest BCUT2D eigenvalue weighted by Gasteiger charge is -2.31. The first kappa shape index (κ1) is 18.8. The number of carbonyl (C=O) groups excluding carboxylic acids is 1. The summed E-state index contributed by atoms with van der Waals surface area (Å²) in [5, 5.41) is 6.57. The van der Waals surface area contributed by atoms with E-state index in [4.69, 9.17) is 4.74 Å². The Kier molecular flexibility index (Phi) is 7.69. The van der Waals surface area contributed by atoms with Crippen LogP contribution >= 0.6 is 12.4 Å². The summed E-state index contributed by atoms with van der Waals surface area (Å²) in [5.74, 6) is 1.16. The molecule has 5 heteroatoms. The minimum atomic E-state index is 0. The second kappa shape index (κ2) is 9.01. The third kappa shape index (κ3) is 5.18. The molecule has 0 aliphatic carbocycles. The van der Waals surface area contributed by atoms with E-state index in [2.05, 4.69) is 24.5 Å². The van der Waals surface area contributed by atoms with Crippen molar-refractivity contribution in [1.29, 1.82) is 0 Å². The number of piperidine rings is 1. The van der Waals surface area contributed by atoms with Crippen LogP contribution in [0.2, 0.25) is 0 Å². The number of nitrogens with one attached hydrogen (secondary N) is 2. The van der Waals surface area contributed by atoms with E-state index < -0.39 is 0 Å². The summed E-state index contributed by atoms with van der Waals surface area (Å²) in [6.07, 6.45) is 2.70. The van der Waals surface area contributed by atoms with Gasteiger partial charge in [0.15, 0.2) is 0 Å². The Bertz CT molecular complexity index is 481. The molecule has 1 aliphatic heterocycles. The topological polar surface area (TPSA) is 50.4 Å². The summed E-state index contributed by atoms with van der Waals surface area (Å²) in [5.41, 5.74) is 1.14. The molecule has 1 amide bonds. The molecule has 2 N–H and O–H groups in total. The van der Waals surface area contributed by atoms with Gasteiger partial charge in [-0.3, -0.25) is 4.79 Å². The van der Waals surface area contributed by atoms with Gasteiger partial charge in [0.25, 0.3) is 0 Å². The van der Waals surface area contributed by atoms with Crippen LogP contribution in [0.25, 0.3) is 0 Å². The van der Waals surface area contributed by atoms with Crippen LogP contribution in [0.5, 0.6) is 5.75 Å². The SMILES string of the molecule is COc1cccc(C(C)CC(=O)NC2CCCNC2C)c1.Cl. The van der Waals surface area contributed by atoms with Gasteiger partial charge in [0, 0.05) is 18.5 Å². The van der Waals surface area contributed by atoms with Gasteiger partial charge in [-0.25, -0.2) is 0 Å². The Balaban J connectivity index is 0.00000242. The highest BCUT2D eigenvalue weighted by molar-refractivity contribution is 5.85. The number of halogens is 1. The molecule has 124 valence electrons. The molecule has 3 atom stereocenters. The maximum atomic E-state index is 12.2. The average molecular weight is 327 g/mol. The zero-order valence-electron chi connectivity index (χ0n) is 13.6. The van der Waals surface area contributed by atoms with Crippen LogP contribution in [-0.2, 0) is 4.79 Å². The molecule has 1 aliphatic rings. The molecule has 4 nitrogen and oxygen atoms in total. The second-order valence-electron chi connectivity index (χ2n) is 5.94. The van der Waals surface area contributed by atoms with Crippen LogP contribution in [0.1, 0.15) is 44.6 Å². The molecule has 0 bridgehead atoms. The van der Waals surface area contributed by atoms with Crippen molar-refractivity contribution in [1.82, 2.24) is 10.6 Å². The van der Waals surface area contributed by atoms with E-state index >= 15 is 0 Å². The van der Waals surface area contributed by atoms with Crippen LogP contribution in [0.15, 0.2) is 24.3 Å². The fourth-order valence-electron chi connectivity index (χ4n) is 2.85. The van der Waals surface area contributed by atoms with E-state index in [0.717, 1.165) is 30.7 Å². The minimum absolute atomic E-state index is 0. The first-order valence-corrected chi connectivity index (χ1v) is 7.77. The maximum Gasteiger partial charge on any atom is 0.220 e. The number of methoxy groups -OCH3 is 1. The van der Waals surface area contributed by atoms with Gasteiger partial charge in [-0.15, -0.1) is 12.4 Å². The van der Waals surface area contributed by atoms with Gasteiger partial charge in [0.2, 0.25) is 5.91 Å². The van der Waals surface area contributed by atoms with E-state index in [1.807, 2.05) is 24.3 Å². The fourth-order valence-corrected chi connectivity index (χ4v) is 2.85. The van der Waals surface area contributed by atoms with Crippen molar-refractivity contribution < 1.29 is 9.53 Å². The Morgan fingerprint density at radius 1 is 1.50 bits per heavy atom. The summed E-state index contributed by atoms with van der Waals surface area (Å²) in [7, 11) is 1.66. The Hall–Kier alpha value is -1.26. The third-order valence-corrected chi connectivity index (χ3v) is 4.26. The molecule has 0 saturated carbocycles. The molecule has 2 rings (SSSR count). The van der Waals surface area contributed by atoms with Crippen molar-refractivity contribution in [2.24, 2.45) is 0 Å². The van der Waals surface area contributed by atoms with Crippen molar-refractivity contribution in [2.75, 3.05) is 13.7 Å². The van der Waals surface area contributed by atoms with Crippen LogP contribution in [-0.4, -0.2) is 31.6 Å². The molecule has 1 heterocycles. The lowest BCUT2D eigenvalue weighted by molar-refractivity contribution is -0.122. The first-order chi connectivity index (χ1) is 10.1. The van der Waals surface area contributed by atoms with E-state index in [-0.39, 0.29) is 30.3 Å². The molecule has 0 radical (unpaired) electrons. The van der Waals surface area contributed by atoms with Crippen LogP contribution in [0, 0.1) is 0 Å². The highest BCUT2D eigenvalue weighted by atomic mass is 35.5. The molecular weight excluding hydrogens is 300 g/mol. The molecule has 0 aromatic heterocycles. The van der Waals surface area contributed by atoms with Crippen LogP contribution in [0.3, 0.4) is 0 Å². The number of benzene rings is 1. The third-order valence-electron chi connectivity index (χ3n) is 4.26. The number of hydrogen-bond acceptors (Lipinski definition) is 3. The van der Waals surface area contributed by atoms with Crippen molar-refractivity contribution in [3.05, 3.63) is 29.8 Å². The van der Waals surface area contributed by atoms with Crippen molar-refractivity contribution >= 4 is 18.3 Å². The van der Waals surface area contributed by atoms with E-state index in [9.17, 15) is 4.79 Å². The fraction of sp³-hybridized carbons (Fsp3) is 0.588. The van der Waals surface area contributed by atoms with Gasteiger partial charge >= 0.3 is 0 Å². The van der Waals surface area contributed by atoms with Gasteiger partial charge < -0.3 is 15.4 Å². The van der Waals surface area contributed by atoms with Crippen molar-refractivity contribution in [2.45, 2.75) is 51.1 Å². The Morgan fingerprint density at radius 3 is 2.95 bits per heavy atom. The predicted octanol–water partition coefficient (Wildman–Crippen LogP) is 2.87. The smallest absolute Gasteiger partial charge is 0.220 e. The predicted molar refractivity (Wildman–Crippen MR) is 91.9 cm³/mol. The Labute approximate surface area is 139 Å². The van der Waals surface area contributed by atoms with Crippen LogP contribution in [0.4, 0.5) is 0 Å². The van der Waals surface area contributed by atoms with Gasteiger partial charge in [-0.05, 0) is 49.9 Å². The molecule has 1 aromatic rings. The van der Waals surface area contributed by atoms with Crippen molar-refractivity contribution in [3.63, 3.8) is 0 Å².